The molecule has 5 rings (SSSR count). The van der Waals surface area contributed by atoms with Gasteiger partial charge in [0.25, 0.3) is 5.95 Å². The van der Waals surface area contributed by atoms with Gasteiger partial charge in [-0.25, -0.2) is 9.58 Å². The Balaban J connectivity index is 1.40. The summed E-state index contributed by atoms with van der Waals surface area (Å²) < 4.78 is 7.40. The quantitative estimate of drug-likeness (QED) is 0.789. The van der Waals surface area contributed by atoms with E-state index in [2.05, 4.69) is 16.1 Å². The van der Waals surface area contributed by atoms with E-state index in [-0.39, 0.29) is 41.8 Å². The SMILES string of the molecule is Cc1cccc(Cn2cnc(N3C(=O)[C@@H]4[C@@H](C3=O)[C@H]3CC[C@@H]4O3)n2)c1. The summed E-state index contributed by atoms with van der Waals surface area (Å²) in [7, 11) is 0. The minimum atomic E-state index is -0.352. The molecule has 4 heterocycles. The molecule has 3 aliphatic heterocycles. The minimum Gasteiger partial charge on any atom is -0.373 e. The Morgan fingerprint density at radius 3 is 2.56 bits per heavy atom. The predicted octanol–water partition coefficient (Wildman–Crippen LogP) is 1.30. The maximum absolute atomic E-state index is 12.7. The molecule has 0 radical (unpaired) electrons. The Kier molecular flexibility index (Phi) is 3.09. The van der Waals surface area contributed by atoms with Crippen molar-refractivity contribution in [3.63, 3.8) is 0 Å². The molecule has 4 atom stereocenters. The van der Waals surface area contributed by atoms with Gasteiger partial charge in [0.2, 0.25) is 11.8 Å². The second-order valence-corrected chi connectivity index (χ2v) is 7.08. The second kappa shape index (κ2) is 5.23. The number of amides is 2. The van der Waals surface area contributed by atoms with Gasteiger partial charge in [0, 0.05) is 0 Å². The first-order chi connectivity index (χ1) is 12.1. The number of hydrogen-bond acceptors (Lipinski definition) is 5. The van der Waals surface area contributed by atoms with E-state index < -0.39 is 0 Å². The molecule has 0 unspecified atom stereocenters. The lowest BCUT2D eigenvalue weighted by atomic mass is 9.81. The molecule has 1 aromatic heterocycles. The molecule has 0 spiro atoms. The second-order valence-electron chi connectivity index (χ2n) is 7.08. The summed E-state index contributed by atoms with van der Waals surface area (Å²) in [5, 5.41) is 4.36. The van der Waals surface area contributed by atoms with E-state index in [1.54, 1.807) is 11.0 Å². The van der Waals surface area contributed by atoms with E-state index in [1.165, 1.54) is 5.56 Å². The average molecular weight is 338 g/mol. The molecule has 3 aliphatic rings. The van der Waals surface area contributed by atoms with Crippen LogP contribution in [0, 0.1) is 18.8 Å². The number of aryl methyl sites for hydroxylation is 1. The number of carbonyl (C=O) groups excluding carboxylic acids is 2. The van der Waals surface area contributed by atoms with Gasteiger partial charge in [-0.1, -0.05) is 29.8 Å². The van der Waals surface area contributed by atoms with Crippen LogP contribution in [0.5, 0.6) is 0 Å². The van der Waals surface area contributed by atoms with Gasteiger partial charge >= 0.3 is 0 Å². The van der Waals surface area contributed by atoms with Gasteiger partial charge in [0.05, 0.1) is 30.6 Å². The van der Waals surface area contributed by atoms with Crippen LogP contribution in [-0.2, 0) is 20.9 Å². The lowest BCUT2D eigenvalue weighted by Crippen LogP contribution is -2.35. The Labute approximate surface area is 144 Å². The van der Waals surface area contributed by atoms with Crippen molar-refractivity contribution in [3.05, 3.63) is 41.7 Å². The fourth-order valence-corrected chi connectivity index (χ4v) is 4.37. The number of rotatable bonds is 3. The van der Waals surface area contributed by atoms with E-state index in [0.29, 0.717) is 6.54 Å². The van der Waals surface area contributed by atoms with Gasteiger partial charge in [-0.05, 0) is 25.3 Å². The molecule has 2 bridgehead atoms. The van der Waals surface area contributed by atoms with Crippen molar-refractivity contribution >= 4 is 17.8 Å². The van der Waals surface area contributed by atoms with Gasteiger partial charge in [-0.2, -0.15) is 4.98 Å². The van der Waals surface area contributed by atoms with E-state index in [4.69, 9.17) is 4.74 Å². The van der Waals surface area contributed by atoms with Crippen LogP contribution in [-0.4, -0.2) is 38.8 Å². The number of nitrogens with zero attached hydrogens (tertiary/aromatic N) is 4. The number of carbonyl (C=O) groups is 2. The molecule has 25 heavy (non-hydrogen) atoms. The normalized spacial score (nSPS) is 30.4. The van der Waals surface area contributed by atoms with E-state index in [0.717, 1.165) is 23.3 Å². The van der Waals surface area contributed by atoms with Gasteiger partial charge in [0.15, 0.2) is 0 Å². The van der Waals surface area contributed by atoms with Crippen LogP contribution in [0.1, 0.15) is 24.0 Å². The third kappa shape index (κ3) is 2.15. The highest BCUT2D eigenvalue weighted by Gasteiger charge is 2.63. The average Bonchev–Trinajstić information content (AvgIpc) is 3.33. The van der Waals surface area contributed by atoms with Gasteiger partial charge in [0.1, 0.15) is 6.33 Å². The maximum atomic E-state index is 12.7. The zero-order chi connectivity index (χ0) is 17.1. The largest absolute Gasteiger partial charge is 0.373 e. The molecule has 1 aromatic carbocycles. The molecule has 0 aliphatic carbocycles. The van der Waals surface area contributed by atoms with Crippen LogP contribution in [0.25, 0.3) is 0 Å². The molecule has 128 valence electrons. The number of ether oxygens (including phenoxy) is 1. The summed E-state index contributed by atoms with van der Waals surface area (Å²) in [6.07, 6.45) is 3.04. The summed E-state index contributed by atoms with van der Waals surface area (Å²) in [6.45, 7) is 2.58. The number of benzene rings is 1. The number of aromatic nitrogens is 3. The van der Waals surface area contributed by atoms with Crippen molar-refractivity contribution in [2.45, 2.75) is 38.5 Å². The summed E-state index contributed by atoms with van der Waals surface area (Å²) in [5.41, 5.74) is 2.27. The van der Waals surface area contributed by atoms with Crippen LogP contribution in [0.4, 0.5) is 5.95 Å². The van der Waals surface area contributed by atoms with E-state index in [9.17, 15) is 9.59 Å². The smallest absolute Gasteiger partial charge is 0.258 e. The zero-order valence-corrected chi connectivity index (χ0v) is 13.8. The Hall–Kier alpha value is -2.54. The number of fused-ring (bicyclic) bond motifs is 5. The van der Waals surface area contributed by atoms with Crippen LogP contribution < -0.4 is 4.90 Å². The molecule has 2 amide bonds. The topological polar surface area (TPSA) is 77.3 Å². The van der Waals surface area contributed by atoms with Crippen LogP contribution in [0.15, 0.2) is 30.6 Å². The fraction of sp³-hybridized carbons (Fsp3) is 0.444. The molecule has 7 heteroatoms. The first kappa shape index (κ1) is 14.8. The summed E-state index contributed by atoms with van der Waals surface area (Å²) in [4.78, 5) is 30.8. The standard InChI is InChI=1S/C18H18N4O3/c1-10-3-2-4-11(7-10)8-21-9-19-18(20-21)22-16(23)14-12-5-6-13(25-12)15(14)17(22)24/h2-4,7,9,12-15H,5-6,8H2,1H3/t12-,13+,14-,15-/m0/s1. The zero-order valence-electron chi connectivity index (χ0n) is 13.8. The third-order valence-corrected chi connectivity index (χ3v) is 5.44. The van der Waals surface area contributed by atoms with Crippen molar-refractivity contribution in [2.24, 2.45) is 11.8 Å². The Morgan fingerprint density at radius 2 is 1.88 bits per heavy atom. The monoisotopic (exact) mass is 338 g/mol. The lowest BCUT2D eigenvalue weighted by Gasteiger charge is -2.14. The highest BCUT2D eigenvalue weighted by atomic mass is 16.5. The predicted molar refractivity (Wildman–Crippen MR) is 87.7 cm³/mol. The van der Waals surface area contributed by atoms with E-state index in [1.807, 2.05) is 25.1 Å². The van der Waals surface area contributed by atoms with Gasteiger partial charge < -0.3 is 4.74 Å². The summed E-state index contributed by atoms with van der Waals surface area (Å²) in [5.74, 6) is -0.951. The van der Waals surface area contributed by atoms with Crippen LogP contribution in [0.3, 0.4) is 0 Å². The van der Waals surface area contributed by atoms with E-state index >= 15 is 0 Å². The molecular weight excluding hydrogens is 320 g/mol. The molecule has 3 saturated heterocycles. The van der Waals surface area contributed by atoms with Gasteiger partial charge in [-0.15, -0.1) is 5.10 Å². The highest BCUT2D eigenvalue weighted by molar-refractivity contribution is 6.21. The lowest BCUT2D eigenvalue weighted by molar-refractivity contribution is -0.124. The van der Waals surface area contributed by atoms with Crippen molar-refractivity contribution in [3.8, 4) is 0 Å². The van der Waals surface area contributed by atoms with Gasteiger partial charge in [-0.3, -0.25) is 9.59 Å². The Morgan fingerprint density at radius 1 is 1.16 bits per heavy atom. The van der Waals surface area contributed by atoms with Crippen molar-refractivity contribution in [1.82, 2.24) is 14.8 Å². The minimum absolute atomic E-state index is 0.120. The van der Waals surface area contributed by atoms with Crippen molar-refractivity contribution in [1.29, 1.82) is 0 Å². The summed E-state index contributed by atoms with van der Waals surface area (Å²) >= 11 is 0. The fourth-order valence-electron chi connectivity index (χ4n) is 4.37. The molecular formula is C18H18N4O3. The molecule has 2 aromatic rings. The number of anilines is 1. The van der Waals surface area contributed by atoms with Crippen molar-refractivity contribution < 1.29 is 14.3 Å². The first-order valence-electron chi connectivity index (χ1n) is 8.60. The first-order valence-corrected chi connectivity index (χ1v) is 8.60. The third-order valence-electron chi connectivity index (χ3n) is 5.44. The maximum Gasteiger partial charge on any atom is 0.258 e. The molecule has 0 saturated carbocycles. The summed E-state index contributed by atoms with van der Waals surface area (Å²) in [6, 6.07) is 8.12. The number of imide groups is 1. The molecule has 0 N–H and O–H groups in total. The molecule has 7 nitrogen and oxygen atoms in total. The highest BCUT2D eigenvalue weighted by Crippen LogP contribution is 2.48. The van der Waals surface area contributed by atoms with Crippen LogP contribution in [0.2, 0.25) is 0 Å². The van der Waals surface area contributed by atoms with Crippen molar-refractivity contribution in [2.75, 3.05) is 4.90 Å². The molecule has 3 fully saturated rings. The van der Waals surface area contributed by atoms with Crippen LogP contribution >= 0.6 is 0 Å². The Bertz CT molecular complexity index is 849. The number of hydrogen-bond donors (Lipinski definition) is 0.